The normalized spacial score (nSPS) is 14.5. The Morgan fingerprint density at radius 3 is 2.55 bits per heavy atom. The minimum Gasteiger partial charge on any atom is -0.497 e. The minimum absolute atomic E-state index is 0.406. The highest BCUT2D eigenvalue weighted by molar-refractivity contribution is 6.04. The highest BCUT2D eigenvalue weighted by Gasteiger charge is 2.24. The number of nitrogens with two attached hydrogens (primary N) is 1. The van der Waals surface area contributed by atoms with Crippen molar-refractivity contribution < 1.29 is 9.42 Å². The Balaban J connectivity index is 1.90. The van der Waals surface area contributed by atoms with Crippen LogP contribution in [0.5, 0.6) is 5.75 Å². The molecule has 0 saturated carbocycles. The third kappa shape index (κ3) is 2.88. The van der Waals surface area contributed by atoms with E-state index >= 15 is 0 Å². The molecule has 1 aliphatic heterocycles. The predicted octanol–water partition coefficient (Wildman–Crippen LogP) is 1.86. The van der Waals surface area contributed by atoms with Crippen molar-refractivity contribution in [1.29, 1.82) is 0 Å². The quantitative estimate of drug-likeness (QED) is 0.691. The number of hydrogen-bond donors (Lipinski definition) is 1. The van der Waals surface area contributed by atoms with Crippen molar-refractivity contribution in [2.45, 2.75) is 0 Å². The van der Waals surface area contributed by atoms with Gasteiger partial charge in [-0.25, -0.2) is 0 Å². The molecule has 0 unspecified atom stereocenters. The van der Waals surface area contributed by atoms with Crippen LogP contribution in [0.25, 0.3) is 0 Å². The zero-order chi connectivity index (χ0) is 15.4. The zero-order valence-corrected chi connectivity index (χ0v) is 12.3. The van der Waals surface area contributed by atoms with Crippen LogP contribution >= 0.6 is 0 Å². The maximum absolute atomic E-state index is 5.94. The number of methoxy groups -OCH3 is 1. The van der Waals surface area contributed by atoms with E-state index in [4.69, 9.17) is 10.5 Å². The van der Waals surface area contributed by atoms with Crippen molar-refractivity contribution in [3.8, 4) is 5.75 Å². The molecule has 0 radical (unpaired) electrons. The Bertz CT molecular complexity index is 746. The van der Waals surface area contributed by atoms with Crippen LogP contribution in [0.2, 0.25) is 0 Å². The first-order valence-corrected chi connectivity index (χ1v) is 6.97. The number of hydrazone groups is 1. The summed E-state index contributed by atoms with van der Waals surface area (Å²) in [5.74, 6) is 1.22. The fourth-order valence-corrected chi connectivity index (χ4v) is 2.22. The van der Waals surface area contributed by atoms with E-state index in [0.29, 0.717) is 12.5 Å². The third-order valence-corrected chi connectivity index (χ3v) is 3.41. The van der Waals surface area contributed by atoms with Crippen LogP contribution in [-0.4, -0.2) is 36.2 Å². The summed E-state index contributed by atoms with van der Waals surface area (Å²) >= 11 is 0. The van der Waals surface area contributed by atoms with Crippen molar-refractivity contribution in [2.75, 3.05) is 13.7 Å². The molecular formula is C17H17N4O+. The van der Waals surface area contributed by atoms with E-state index in [-0.39, 0.29) is 0 Å². The average Bonchev–Trinajstić information content (AvgIpc) is 2.95. The summed E-state index contributed by atoms with van der Waals surface area (Å²) in [7, 11) is 1.64. The lowest BCUT2D eigenvalue weighted by Gasteiger charge is -2.01. The number of benzene rings is 2. The van der Waals surface area contributed by atoms with Crippen molar-refractivity contribution >= 4 is 17.9 Å². The Morgan fingerprint density at radius 1 is 1.14 bits per heavy atom. The van der Waals surface area contributed by atoms with Crippen LogP contribution in [0.4, 0.5) is 0 Å². The van der Waals surface area contributed by atoms with Gasteiger partial charge in [0.15, 0.2) is 12.3 Å². The van der Waals surface area contributed by atoms with Crippen LogP contribution in [0.3, 0.4) is 0 Å². The molecule has 2 aromatic rings. The van der Waals surface area contributed by atoms with Gasteiger partial charge in [-0.3, -0.25) is 5.73 Å². The van der Waals surface area contributed by atoms with Crippen molar-refractivity contribution in [1.82, 2.24) is 0 Å². The molecule has 0 aliphatic carbocycles. The van der Waals surface area contributed by atoms with E-state index < -0.39 is 0 Å². The molecule has 5 heteroatoms. The Labute approximate surface area is 129 Å². The lowest BCUT2D eigenvalue weighted by Crippen LogP contribution is -2.26. The highest BCUT2D eigenvalue weighted by atomic mass is 16.5. The van der Waals surface area contributed by atoms with Gasteiger partial charge in [0.2, 0.25) is 0 Å². The SMILES string of the molecule is COc1ccc(/C=N\[N+]2=C(c3ccccc3)CN=C2N)cc1. The van der Waals surface area contributed by atoms with Crippen LogP contribution < -0.4 is 10.5 Å². The van der Waals surface area contributed by atoms with E-state index in [0.717, 1.165) is 22.6 Å². The summed E-state index contributed by atoms with van der Waals surface area (Å²) < 4.78 is 6.82. The molecule has 1 aliphatic rings. The summed E-state index contributed by atoms with van der Waals surface area (Å²) in [4.78, 5) is 4.26. The fourth-order valence-electron chi connectivity index (χ4n) is 2.22. The van der Waals surface area contributed by atoms with Gasteiger partial charge in [0.25, 0.3) is 0 Å². The molecule has 0 fully saturated rings. The molecule has 110 valence electrons. The number of aliphatic imine (C=N–C) groups is 1. The van der Waals surface area contributed by atoms with Gasteiger partial charge in [-0.2, -0.15) is 0 Å². The smallest absolute Gasteiger partial charge is 0.409 e. The molecule has 0 spiro atoms. The van der Waals surface area contributed by atoms with Gasteiger partial charge in [0, 0.05) is 5.56 Å². The highest BCUT2D eigenvalue weighted by Crippen LogP contribution is 2.10. The van der Waals surface area contributed by atoms with Gasteiger partial charge in [-0.1, -0.05) is 30.3 Å². The molecule has 2 N–H and O–H groups in total. The Hall–Kier alpha value is -2.95. The van der Waals surface area contributed by atoms with Crippen molar-refractivity contribution in [2.24, 2.45) is 15.8 Å². The second-order valence-electron chi connectivity index (χ2n) is 4.82. The molecule has 0 bridgehead atoms. The van der Waals surface area contributed by atoms with Crippen LogP contribution in [-0.2, 0) is 0 Å². The summed E-state index contributed by atoms with van der Waals surface area (Å²) in [6.45, 7) is 0.537. The van der Waals surface area contributed by atoms with E-state index in [9.17, 15) is 0 Å². The van der Waals surface area contributed by atoms with Crippen molar-refractivity contribution in [3.63, 3.8) is 0 Å². The Morgan fingerprint density at radius 2 is 1.86 bits per heavy atom. The molecule has 22 heavy (non-hydrogen) atoms. The number of nitrogens with zero attached hydrogens (tertiary/aromatic N) is 3. The lowest BCUT2D eigenvalue weighted by molar-refractivity contribution is -0.410. The second kappa shape index (κ2) is 6.22. The van der Waals surface area contributed by atoms with Crippen LogP contribution in [0.1, 0.15) is 11.1 Å². The maximum Gasteiger partial charge on any atom is 0.409 e. The summed E-state index contributed by atoms with van der Waals surface area (Å²) in [6, 6.07) is 17.7. The first-order chi connectivity index (χ1) is 10.8. The largest absolute Gasteiger partial charge is 0.497 e. The van der Waals surface area contributed by atoms with Gasteiger partial charge in [0.1, 0.15) is 5.75 Å². The average molecular weight is 293 g/mol. The molecule has 0 saturated heterocycles. The van der Waals surface area contributed by atoms with E-state index in [1.807, 2.05) is 54.6 Å². The predicted molar refractivity (Wildman–Crippen MR) is 87.9 cm³/mol. The standard InChI is InChI=1S/C17H17N4O/c1-22-15-9-7-13(8-10-15)11-20-21-16(12-19-17(21)18)14-5-3-2-4-6-14/h2-11H,12H2,1H3,(H2,18,19)/q+1/b20-11-. The van der Waals surface area contributed by atoms with Gasteiger partial charge >= 0.3 is 5.96 Å². The van der Waals surface area contributed by atoms with E-state index in [1.54, 1.807) is 18.0 Å². The molecule has 0 aromatic heterocycles. The second-order valence-corrected chi connectivity index (χ2v) is 4.82. The van der Waals surface area contributed by atoms with Crippen LogP contribution in [0, 0.1) is 0 Å². The molecule has 0 atom stereocenters. The first kappa shape index (κ1) is 14.0. The van der Waals surface area contributed by atoms with Crippen LogP contribution in [0.15, 0.2) is 64.7 Å². The monoisotopic (exact) mass is 293 g/mol. The lowest BCUT2D eigenvalue weighted by atomic mass is 10.1. The first-order valence-electron chi connectivity index (χ1n) is 6.97. The molecule has 2 aromatic carbocycles. The number of rotatable bonds is 4. The minimum atomic E-state index is 0.406. The van der Waals surface area contributed by atoms with Gasteiger partial charge < -0.3 is 4.74 Å². The molecule has 1 heterocycles. The van der Waals surface area contributed by atoms with Gasteiger partial charge in [0.05, 0.1) is 13.3 Å². The summed E-state index contributed by atoms with van der Waals surface area (Å²) in [5.41, 5.74) is 8.95. The number of guanidine groups is 1. The number of hydrogen-bond acceptors (Lipinski definition) is 4. The van der Waals surface area contributed by atoms with Crippen molar-refractivity contribution in [3.05, 3.63) is 65.7 Å². The zero-order valence-electron chi connectivity index (χ0n) is 12.3. The topological polar surface area (TPSA) is 63.0 Å². The Kier molecular flexibility index (Phi) is 3.96. The molecule has 5 nitrogen and oxygen atoms in total. The number of ether oxygens (including phenoxy) is 1. The molecule has 3 rings (SSSR count). The third-order valence-electron chi connectivity index (χ3n) is 3.41. The fraction of sp³-hybridized carbons (Fsp3) is 0.118. The maximum atomic E-state index is 5.94. The van der Waals surface area contributed by atoms with Gasteiger partial charge in [-0.05, 0) is 29.8 Å². The van der Waals surface area contributed by atoms with Gasteiger partial charge in [-0.15, -0.1) is 14.8 Å². The van der Waals surface area contributed by atoms with E-state index in [1.165, 1.54) is 0 Å². The van der Waals surface area contributed by atoms with E-state index in [2.05, 4.69) is 10.1 Å². The summed E-state index contributed by atoms with van der Waals surface area (Å²) in [6.07, 6.45) is 1.76. The molecule has 0 amide bonds. The molecular weight excluding hydrogens is 276 g/mol. The summed E-state index contributed by atoms with van der Waals surface area (Å²) in [5, 5.41) is 4.46.